The van der Waals surface area contributed by atoms with E-state index in [4.69, 9.17) is 21.1 Å². The van der Waals surface area contributed by atoms with Gasteiger partial charge in [-0.1, -0.05) is 17.7 Å². The second kappa shape index (κ2) is 7.63. The van der Waals surface area contributed by atoms with E-state index < -0.39 is 23.7 Å². The van der Waals surface area contributed by atoms with Crippen molar-refractivity contribution < 1.29 is 28.9 Å². The summed E-state index contributed by atoms with van der Waals surface area (Å²) in [5, 5.41) is 18.8. The van der Waals surface area contributed by atoms with E-state index in [2.05, 4.69) is 0 Å². The molecule has 0 saturated carbocycles. The average Bonchev–Trinajstić information content (AvgIpc) is 2.98. The quantitative estimate of drug-likeness (QED) is 0.807. The zero-order valence-corrected chi connectivity index (χ0v) is 14.9. The topological polar surface area (TPSA) is 76.0 Å². The van der Waals surface area contributed by atoms with Crippen LogP contribution in [0.5, 0.6) is 0 Å². The summed E-state index contributed by atoms with van der Waals surface area (Å²) in [4.78, 5) is 11.7. The minimum atomic E-state index is -1.06. The maximum atomic E-state index is 13.1. The fourth-order valence-corrected chi connectivity index (χ4v) is 4.55. The van der Waals surface area contributed by atoms with Gasteiger partial charge in [0.25, 0.3) is 0 Å². The Balaban J connectivity index is 1.73. The molecule has 1 aliphatic heterocycles. The molecule has 1 saturated heterocycles. The van der Waals surface area contributed by atoms with Crippen molar-refractivity contribution in [3.8, 4) is 0 Å². The molecule has 1 heterocycles. The molecule has 2 unspecified atom stereocenters. The van der Waals surface area contributed by atoms with Gasteiger partial charge in [-0.15, -0.1) is 11.8 Å². The van der Waals surface area contributed by atoms with Crippen LogP contribution in [0.15, 0.2) is 29.8 Å². The molecule has 2 N–H and O–H groups in total. The maximum Gasteiger partial charge on any atom is 0.332 e. The van der Waals surface area contributed by atoms with E-state index in [1.807, 2.05) is 0 Å². The fourth-order valence-electron chi connectivity index (χ4n) is 2.97. The minimum absolute atomic E-state index is 0.167. The van der Waals surface area contributed by atoms with E-state index in [-0.39, 0.29) is 24.0 Å². The monoisotopic (exact) mass is 388 g/mol. The van der Waals surface area contributed by atoms with Gasteiger partial charge in [-0.3, -0.25) is 0 Å². The number of aliphatic hydroxyl groups is 1. The minimum Gasteiger partial charge on any atom is -0.478 e. The zero-order valence-electron chi connectivity index (χ0n) is 13.3. The SMILES string of the molecule is O=C(O)C1=CC2(CCC1SCc1ccc(F)cc1Cl)OC[C@@H](CO)O2. The number of ether oxygens (including phenoxy) is 2. The van der Waals surface area contributed by atoms with Gasteiger partial charge >= 0.3 is 5.97 Å². The summed E-state index contributed by atoms with van der Waals surface area (Å²) in [5.74, 6) is -2.02. The number of carboxylic acids is 1. The van der Waals surface area contributed by atoms with Crippen LogP contribution in [0.25, 0.3) is 0 Å². The predicted molar refractivity (Wildman–Crippen MR) is 92.1 cm³/mol. The third-order valence-electron chi connectivity index (χ3n) is 4.26. The Hall–Kier alpha value is -1.12. The first-order chi connectivity index (χ1) is 11.9. The van der Waals surface area contributed by atoms with Gasteiger partial charge < -0.3 is 19.7 Å². The highest BCUT2D eigenvalue weighted by Gasteiger charge is 2.44. The summed E-state index contributed by atoms with van der Waals surface area (Å²) in [6.07, 6.45) is 2.14. The normalized spacial score (nSPS) is 29.0. The number of aliphatic carboxylic acids is 1. The largest absolute Gasteiger partial charge is 0.478 e. The van der Waals surface area contributed by atoms with Crippen molar-refractivity contribution in [2.45, 2.75) is 35.7 Å². The van der Waals surface area contributed by atoms with E-state index in [0.29, 0.717) is 23.6 Å². The second-order valence-electron chi connectivity index (χ2n) is 6.02. The molecule has 8 heteroatoms. The molecule has 1 aliphatic carbocycles. The molecule has 0 bridgehead atoms. The van der Waals surface area contributed by atoms with Crippen molar-refractivity contribution in [2.75, 3.05) is 13.2 Å². The maximum absolute atomic E-state index is 13.1. The highest BCUT2D eigenvalue weighted by molar-refractivity contribution is 7.99. The van der Waals surface area contributed by atoms with Gasteiger partial charge in [0.2, 0.25) is 0 Å². The van der Waals surface area contributed by atoms with E-state index >= 15 is 0 Å². The van der Waals surface area contributed by atoms with Gasteiger partial charge in [-0.05, 0) is 30.2 Å². The van der Waals surface area contributed by atoms with Gasteiger partial charge in [-0.2, -0.15) is 0 Å². The predicted octanol–water partition coefficient (Wildman–Crippen LogP) is 2.99. The smallest absolute Gasteiger partial charge is 0.332 e. The average molecular weight is 389 g/mol. The molecular weight excluding hydrogens is 371 g/mol. The van der Waals surface area contributed by atoms with Crippen LogP contribution in [-0.4, -0.2) is 46.5 Å². The lowest BCUT2D eigenvalue weighted by Gasteiger charge is -2.33. The Morgan fingerprint density at radius 1 is 1.48 bits per heavy atom. The van der Waals surface area contributed by atoms with Crippen LogP contribution in [0, 0.1) is 5.82 Å². The molecule has 25 heavy (non-hydrogen) atoms. The molecule has 0 amide bonds. The van der Waals surface area contributed by atoms with Crippen LogP contribution in [0.4, 0.5) is 4.39 Å². The fraction of sp³-hybridized carbons (Fsp3) is 0.471. The van der Waals surface area contributed by atoms with Gasteiger partial charge in [0.15, 0.2) is 5.79 Å². The number of carboxylic acid groups (broad SMARTS) is 1. The van der Waals surface area contributed by atoms with Crippen LogP contribution in [0.3, 0.4) is 0 Å². The second-order valence-corrected chi connectivity index (χ2v) is 7.62. The molecule has 2 aliphatic rings. The first-order valence-electron chi connectivity index (χ1n) is 7.86. The highest BCUT2D eigenvalue weighted by Crippen LogP contribution is 2.41. The Morgan fingerprint density at radius 3 is 2.92 bits per heavy atom. The van der Waals surface area contributed by atoms with Crippen molar-refractivity contribution in [1.82, 2.24) is 0 Å². The van der Waals surface area contributed by atoms with E-state index in [1.165, 1.54) is 30.0 Å². The summed E-state index contributed by atoms with van der Waals surface area (Å²) >= 11 is 7.47. The first kappa shape index (κ1) is 18.7. The van der Waals surface area contributed by atoms with Crippen LogP contribution in [0.1, 0.15) is 18.4 Å². The third-order valence-corrected chi connectivity index (χ3v) is 5.98. The van der Waals surface area contributed by atoms with Crippen molar-refractivity contribution in [1.29, 1.82) is 0 Å². The van der Waals surface area contributed by atoms with E-state index in [9.17, 15) is 19.4 Å². The number of thioether (sulfide) groups is 1. The third kappa shape index (κ3) is 4.17. The van der Waals surface area contributed by atoms with Gasteiger partial charge in [0.05, 0.1) is 18.8 Å². The summed E-state index contributed by atoms with van der Waals surface area (Å²) in [7, 11) is 0. The number of benzene rings is 1. The summed E-state index contributed by atoms with van der Waals surface area (Å²) < 4.78 is 24.4. The van der Waals surface area contributed by atoms with Gasteiger partial charge in [-0.25, -0.2) is 9.18 Å². The number of hydrogen-bond acceptors (Lipinski definition) is 5. The molecule has 1 aromatic rings. The van der Waals surface area contributed by atoms with Gasteiger partial charge in [0.1, 0.15) is 11.9 Å². The van der Waals surface area contributed by atoms with E-state index in [1.54, 1.807) is 6.07 Å². The molecule has 1 spiro atoms. The van der Waals surface area contributed by atoms with Crippen LogP contribution in [0.2, 0.25) is 5.02 Å². The van der Waals surface area contributed by atoms with Crippen LogP contribution >= 0.6 is 23.4 Å². The Bertz CT molecular complexity index is 698. The standard InChI is InChI=1S/C17H18ClFO5S/c18-14-5-11(19)2-1-10(14)9-25-15-3-4-17(6-13(15)16(21)22)23-8-12(7-20)24-17/h1-2,5-6,12,15,20H,3-4,7-9H2,(H,21,22)/t12-,15?,17?/m1/s1. The Morgan fingerprint density at radius 2 is 2.28 bits per heavy atom. The summed E-state index contributed by atoms with van der Waals surface area (Å²) in [6, 6.07) is 4.19. The van der Waals surface area contributed by atoms with Crippen molar-refractivity contribution in [2.24, 2.45) is 0 Å². The Kier molecular flexibility index (Phi) is 5.70. The van der Waals surface area contributed by atoms with Crippen molar-refractivity contribution in [3.63, 3.8) is 0 Å². The lowest BCUT2D eigenvalue weighted by molar-refractivity contribution is -0.146. The number of carbonyl (C=O) groups is 1. The molecule has 5 nitrogen and oxygen atoms in total. The molecule has 3 atom stereocenters. The van der Waals surface area contributed by atoms with Crippen molar-refractivity contribution >= 4 is 29.3 Å². The first-order valence-corrected chi connectivity index (χ1v) is 9.29. The molecule has 0 radical (unpaired) electrons. The molecule has 3 rings (SSSR count). The molecule has 0 aromatic heterocycles. The van der Waals surface area contributed by atoms with Crippen molar-refractivity contribution in [3.05, 3.63) is 46.3 Å². The van der Waals surface area contributed by atoms with Crippen LogP contribution in [-0.2, 0) is 20.0 Å². The number of aliphatic hydroxyl groups excluding tert-OH is 1. The molecule has 136 valence electrons. The molecule has 1 aromatic carbocycles. The molecular formula is C17H18ClFO5S. The molecule has 1 fully saturated rings. The lowest BCUT2D eigenvalue weighted by Crippen LogP contribution is -2.37. The summed E-state index contributed by atoms with van der Waals surface area (Å²) in [6.45, 7) is 0.0716. The number of rotatable bonds is 5. The highest BCUT2D eigenvalue weighted by atomic mass is 35.5. The lowest BCUT2D eigenvalue weighted by atomic mass is 9.94. The number of halogens is 2. The zero-order chi connectivity index (χ0) is 18.0. The van der Waals surface area contributed by atoms with Gasteiger partial charge in [0, 0.05) is 22.4 Å². The van der Waals surface area contributed by atoms with Crippen LogP contribution < -0.4 is 0 Å². The summed E-state index contributed by atoms with van der Waals surface area (Å²) in [5.41, 5.74) is 0.972. The number of hydrogen-bond donors (Lipinski definition) is 2. The Labute approximate surface area is 153 Å². The van der Waals surface area contributed by atoms with E-state index in [0.717, 1.165) is 5.56 Å².